The number of nitrogens with zero attached hydrogens (tertiary/aromatic N) is 2. The molecule has 2 atom stereocenters. The van der Waals surface area contributed by atoms with Crippen LogP contribution in [0.15, 0.2) is 78.9 Å². The van der Waals surface area contributed by atoms with Crippen LogP contribution in [0.5, 0.6) is 5.75 Å². The lowest BCUT2D eigenvalue weighted by Gasteiger charge is -2.31. The summed E-state index contributed by atoms with van der Waals surface area (Å²) in [7, 11) is 0. The van der Waals surface area contributed by atoms with Gasteiger partial charge in [0.15, 0.2) is 0 Å². The Morgan fingerprint density at radius 1 is 0.923 bits per heavy atom. The van der Waals surface area contributed by atoms with Gasteiger partial charge in [0.1, 0.15) is 11.4 Å². The van der Waals surface area contributed by atoms with Gasteiger partial charge in [-0.2, -0.15) is 0 Å². The molecule has 2 unspecified atom stereocenters. The zero-order valence-corrected chi connectivity index (χ0v) is 23.9. The van der Waals surface area contributed by atoms with Gasteiger partial charge in [-0.1, -0.05) is 60.1 Å². The lowest BCUT2D eigenvalue weighted by Crippen LogP contribution is -2.36. The third kappa shape index (κ3) is 8.24. The summed E-state index contributed by atoms with van der Waals surface area (Å²) in [6.07, 6.45) is 0.588. The van der Waals surface area contributed by atoms with E-state index < -0.39 is 5.60 Å². The number of para-hydroxylation sites is 1. The Labute approximate surface area is 236 Å². The van der Waals surface area contributed by atoms with Crippen molar-refractivity contribution in [3.8, 4) is 5.75 Å². The predicted octanol–water partition coefficient (Wildman–Crippen LogP) is 7.00. The first-order valence-electron chi connectivity index (χ1n) is 13.4. The first kappa shape index (κ1) is 28.5. The molecule has 0 saturated carbocycles. The fraction of sp³-hybridized carbons (Fsp3) is 0.375. The van der Waals surface area contributed by atoms with Gasteiger partial charge in [-0.15, -0.1) is 0 Å². The van der Waals surface area contributed by atoms with Crippen LogP contribution < -0.4 is 9.64 Å². The average Bonchev–Trinajstić information content (AvgIpc) is 3.27. The molecule has 3 aromatic rings. The van der Waals surface area contributed by atoms with Crippen LogP contribution in [0.1, 0.15) is 38.8 Å². The normalized spacial score (nSPS) is 17.1. The van der Waals surface area contributed by atoms with E-state index in [2.05, 4.69) is 29.2 Å². The molecule has 7 heteroatoms. The van der Waals surface area contributed by atoms with Gasteiger partial charge in [-0.05, 0) is 74.9 Å². The van der Waals surface area contributed by atoms with Crippen LogP contribution >= 0.6 is 11.6 Å². The van der Waals surface area contributed by atoms with E-state index in [4.69, 9.17) is 21.1 Å². The fourth-order valence-electron chi connectivity index (χ4n) is 5.06. The highest BCUT2D eigenvalue weighted by Gasteiger charge is 2.38. The third-order valence-corrected chi connectivity index (χ3v) is 7.06. The van der Waals surface area contributed by atoms with E-state index in [1.807, 2.05) is 80.3 Å². The van der Waals surface area contributed by atoms with Gasteiger partial charge >= 0.3 is 12.1 Å². The number of rotatable bonds is 8. The second-order valence-corrected chi connectivity index (χ2v) is 11.6. The molecule has 1 fully saturated rings. The Morgan fingerprint density at radius 2 is 1.56 bits per heavy atom. The minimum atomic E-state index is -0.556. The number of anilines is 1. The number of carbonyl (C=O) groups is 2. The van der Waals surface area contributed by atoms with Gasteiger partial charge in [-0.25, -0.2) is 4.79 Å². The van der Waals surface area contributed by atoms with E-state index in [1.165, 1.54) is 12.5 Å². The number of amides is 1. The van der Waals surface area contributed by atoms with Crippen LogP contribution in [0.25, 0.3) is 0 Å². The summed E-state index contributed by atoms with van der Waals surface area (Å²) in [6, 6.07) is 25.8. The maximum Gasteiger partial charge on any atom is 0.410 e. The molecule has 0 spiro atoms. The monoisotopic (exact) mass is 548 g/mol. The Hall–Kier alpha value is -3.51. The molecule has 1 heterocycles. The summed E-state index contributed by atoms with van der Waals surface area (Å²) in [5.74, 6) is 0.631. The number of likely N-dealkylation sites (tertiary alicyclic amines) is 1. The summed E-state index contributed by atoms with van der Waals surface area (Å²) < 4.78 is 11.2. The first-order chi connectivity index (χ1) is 18.6. The van der Waals surface area contributed by atoms with E-state index in [0.717, 1.165) is 17.7 Å². The molecule has 1 saturated heterocycles. The van der Waals surface area contributed by atoms with E-state index in [-0.39, 0.29) is 23.9 Å². The highest BCUT2D eigenvalue weighted by atomic mass is 35.5. The topological polar surface area (TPSA) is 59.1 Å². The van der Waals surface area contributed by atoms with Crippen molar-refractivity contribution < 1.29 is 19.1 Å². The summed E-state index contributed by atoms with van der Waals surface area (Å²) in [4.78, 5) is 28.9. The van der Waals surface area contributed by atoms with Crippen molar-refractivity contribution in [3.05, 3.63) is 95.0 Å². The summed E-state index contributed by atoms with van der Waals surface area (Å²) >= 11 is 6.22. The Bertz CT molecular complexity index is 1260. The second kappa shape index (κ2) is 12.6. The molecule has 206 valence electrons. The Balaban J connectivity index is 1.63. The van der Waals surface area contributed by atoms with Gasteiger partial charge in [0.05, 0.1) is 0 Å². The van der Waals surface area contributed by atoms with E-state index in [9.17, 15) is 9.59 Å². The van der Waals surface area contributed by atoms with Crippen LogP contribution in [-0.2, 0) is 22.5 Å². The number of carbonyl (C=O) groups excluding carboxylic acids is 2. The summed E-state index contributed by atoms with van der Waals surface area (Å²) in [5.41, 5.74) is 2.60. The highest BCUT2D eigenvalue weighted by Crippen LogP contribution is 2.32. The molecule has 0 N–H and O–H groups in total. The average molecular weight is 549 g/mol. The van der Waals surface area contributed by atoms with Gasteiger partial charge in [-0.3, -0.25) is 4.79 Å². The van der Waals surface area contributed by atoms with Gasteiger partial charge in [0, 0.05) is 49.4 Å². The number of hydrogen-bond donors (Lipinski definition) is 0. The first-order valence-corrected chi connectivity index (χ1v) is 13.7. The largest absolute Gasteiger partial charge is 0.444 e. The van der Waals surface area contributed by atoms with Crippen LogP contribution in [-0.4, -0.2) is 42.2 Å². The molecule has 0 aliphatic carbocycles. The van der Waals surface area contributed by atoms with Crippen LogP contribution in [0.3, 0.4) is 0 Å². The Morgan fingerprint density at radius 3 is 2.23 bits per heavy atom. The van der Waals surface area contributed by atoms with E-state index in [1.54, 1.807) is 0 Å². The molecule has 6 nitrogen and oxygen atoms in total. The molecule has 0 radical (unpaired) electrons. The van der Waals surface area contributed by atoms with Crippen LogP contribution in [0.4, 0.5) is 10.5 Å². The summed E-state index contributed by atoms with van der Waals surface area (Å²) in [5, 5.41) is 0.665. The van der Waals surface area contributed by atoms with Gasteiger partial charge < -0.3 is 19.3 Å². The molecule has 3 aromatic carbocycles. The number of benzene rings is 3. The number of halogens is 1. The summed E-state index contributed by atoms with van der Waals surface area (Å²) in [6.45, 7) is 9.55. The maximum atomic E-state index is 13.1. The number of hydrogen-bond acceptors (Lipinski definition) is 5. The SMILES string of the molecule is CC(=O)Oc1ccccc1CN(CC1CN(C(=O)OC(C)(C)C)CC1Cc1ccccc1)c1ccc(Cl)cc1. The smallest absolute Gasteiger partial charge is 0.410 e. The van der Waals surface area contributed by atoms with Crippen LogP contribution in [0.2, 0.25) is 5.02 Å². The molecule has 1 aliphatic heterocycles. The zero-order valence-electron chi connectivity index (χ0n) is 23.1. The minimum absolute atomic E-state index is 0.189. The minimum Gasteiger partial charge on any atom is -0.444 e. The predicted molar refractivity (Wildman–Crippen MR) is 155 cm³/mol. The number of esters is 1. The van der Waals surface area contributed by atoms with E-state index in [0.29, 0.717) is 37.0 Å². The number of ether oxygens (including phenoxy) is 2. The fourth-order valence-corrected chi connectivity index (χ4v) is 5.19. The van der Waals surface area contributed by atoms with Crippen molar-refractivity contribution >= 4 is 29.4 Å². The lowest BCUT2D eigenvalue weighted by atomic mass is 9.89. The van der Waals surface area contributed by atoms with Crippen molar-refractivity contribution in [1.82, 2.24) is 4.90 Å². The molecular weight excluding hydrogens is 512 g/mol. The van der Waals surface area contributed by atoms with E-state index >= 15 is 0 Å². The van der Waals surface area contributed by atoms with Crippen molar-refractivity contribution in [2.24, 2.45) is 11.8 Å². The third-order valence-electron chi connectivity index (χ3n) is 6.80. The lowest BCUT2D eigenvalue weighted by molar-refractivity contribution is -0.131. The van der Waals surface area contributed by atoms with Crippen molar-refractivity contribution in [1.29, 1.82) is 0 Å². The molecule has 39 heavy (non-hydrogen) atoms. The molecule has 0 aromatic heterocycles. The second-order valence-electron chi connectivity index (χ2n) is 11.2. The quantitative estimate of drug-likeness (QED) is 0.224. The van der Waals surface area contributed by atoms with Gasteiger partial charge in [0.2, 0.25) is 0 Å². The van der Waals surface area contributed by atoms with Crippen LogP contribution in [0, 0.1) is 11.8 Å². The highest BCUT2D eigenvalue weighted by molar-refractivity contribution is 6.30. The molecule has 1 amide bonds. The molecule has 0 bridgehead atoms. The Kier molecular flexibility index (Phi) is 9.18. The van der Waals surface area contributed by atoms with Crippen molar-refractivity contribution in [3.63, 3.8) is 0 Å². The molecule has 4 rings (SSSR count). The van der Waals surface area contributed by atoms with Gasteiger partial charge in [0.25, 0.3) is 0 Å². The zero-order chi connectivity index (χ0) is 28.0. The van der Waals surface area contributed by atoms with Crippen molar-refractivity contribution in [2.75, 3.05) is 24.5 Å². The standard InChI is InChI=1S/C32H37ClN2O4/c1-23(36)38-30-13-9-8-12-25(30)19-34(29-16-14-28(33)15-17-29)21-27-22-35(31(37)39-32(2,3)4)20-26(27)18-24-10-6-5-7-11-24/h5-17,26-27H,18-22H2,1-4H3. The molecule has 1 aliphatic rings. The van der Waals surface area contributed by atoms with Crippen molar-refractivity contribution in [2.45, 2.75) is 46.3 Å². The molecular formula is C32H37ClN2O4. The maximum absolute atomic E-state index is 13.1.